The summed E-state index contributed by atoms with van der Waals surface area (Å²) in [5, 5.41) is 0. The lowest BCUT2D eigenvalue weighted by Gasteiger charge is -2.25. The molecule has 1 aromatic carbocycles. The zero-order valence-corrected chi connectivity index (χ0v) is 10.1. The van der Waals surface area contributed by atoms with Crippen molar-refractivity contribution in [3.8, 4) is 0 Å². The molecule has 1 aliphatic rings. The lowest BCUT2D eigenvalue weighted by Crippen LogP contribution is -2.20. The summed E-state index contributed by atoms with van der Waals surface area (Å²) < 4.78 is 5.48. The monoisotopic (exact) mass is 252 g/mol. The van der Waals surface area contributed by atoms with Crippen LogP contribution in [0.3, 0.4) is 0 Å². The summed E-state index contributed by atoms with van der Waals surface area (Å²) in [5.41, 5.74) is 9.36. The maximum Gasteiger partial charge on any atom is 0.193 e. The van der Waals surface area contributed by atoms with Gasteiger partial charge in [0.05, 0.1) is 0 Å². The van der Waals surface area contributed by atoms with Gasteiger partial charge >= 0.3 is 0 Å². The zero-order valence-electron chi connectivity index (χ0n) is 10.1. The van der Waals surface area contributed by atoms with E-state index in [9.17, 15) is 4.79 Å². The SMILES string of the molecule is NC1=C(c2ccccc2)c2ccncc2C(C=O)O1. The minimum absolute atomic E-state index is 0.266. The molecule has 4 heteroatoms. The Morgan fingerprint density at radius 1 is 1.21 bits per heavy atom. The number of fused-ring (bicyclic) bond motifs is 1. The van der Waals surface area contributed by atoms with Gasteiger partial charge in [0.15, 0.2) is 18.3 Å². The van der Waals surface area contributed by atoms with Gasteiger partial charge in [-0.05, 0) is 17.2 Å². The molecule has 0 radical (unpaired) electrons. The van der Waals surface area contributed by atoms with Crippen LogP contribution < -0.4 is 5.73 Å². The fraction of sp³-hybridized carbons (Fsp3) is 0.0667. The third-order valence-corrected chi connectivity index (χ3v) is 3.11. The van der Waals surface area contributed by atoms with Gasteiger partial charge in [0.2, 0.25) is 0 Å². The Hall–Kier alpha value is -2.62. The van der Waals surface area contributed by atoms with Crippen molar-refractivity contribution >= 4 is 11.9 Å². The van der Waals surface area contributed by atoms with Crippen LogP contribution in [0.5, 0.6) is 0 Å². The Labute approximate surface area is 110 Å². The molecule has 19 heavy (non-hydrogen) atoms. The Balaban J connectivity index is 2.22. The number of carbonyl (C=O) groups excluding carboxylic acids is 1. The molecule has 0 amide bonds. The van der Waals surface area contributed by atoms with E-state index in [2.05, 4.69) is 4.98 Å². The van der Waals surface area contributed by atoms with Crippen molar-refractivity contribution in [2.75, 3.05) is 0 Å². The van der Waals surface area contributed by atoms with Gasteiger partial charge in [-0.15, -0.1) is 0 Å². The van der Waals surface area contributed by atoms with E-state index in [4.69, 9.17) is 10.5 Å². The number of hydrogen-bond acceptors (Lipinski definition) is 4. The molecule has 1 aliphatic heterocycles. The molecule has 2 heterocycles. The van der Waals surface area contributed by atoms with Gasteiger partial charge in [-0.25, -0.2) is 0 Å². The predicted molar refractivity (Wildman–Crippen MR) is 70.8 cm³/mol. The highest BCUT2D eigenvalue weighted by Gasteiger charge is 2.27. The molecule has 0 spiro atoms. The maximum absolute atomic E-state index is 11.1. The van der Waals surface area contributed by atoms with Crippen LogP contribution in [0.2, 0.25) is 0 Å². The highest BCUT2D eigenvalue weighted by molar-refractivity contribution is 5.85. The molecule has 0 bridgehead atoms. The van der Waals surface area contributed by atoms with E-state index in [1.54, 1.807) is 12.4 Å². The average Bonchev–Trinajstić information content (AvgIpc) is 2.47. The molecule has 2 aromatic rings. The maximum atomic E-state index is 11.1. The number of nitrogens with two attached hydrogens (primary N) is 1. The summed E-state index contributed by atoms with van der Waals surface area (Å²) in [4.78, 5) is 15.1. The molecule has 0 saturated carbocycles. The Morgan fingerprint density at radius 2 is 2.00 bits per heavy atom. The summed E-state index contributed by atoms with van der Waals surface area (Å²) >= 11 is 0. The highest BCUT2D eigenvalue weighted by Crippen LogP contribution is 2.36. The van der Waals surface area contributed by atoms with Gasteiger partial charge in [0.25, 0.3) is 0 Å². The van der Waals surface area contributed by atoms with E-state index in [0.717, 1.165) is 28.5 Å². The summed E-state index contributed by atoms with van der Waals surface area (Å²) in [6.07, 6.45) is 3.37. The van der Waals surface area contributed by atoms with Crippen molar-refractivity contribution in [3.63, 3.8) is 0 Å². The lowest BCUT2D eigenvalue weighted by molar-refractivity contribution is -0.116. The summed E-state index contributed by atoms with van der Waals surface area (Å²) in [6.45, 7) is 0. The van der Waals surface area contributed by atoms with E-state index in [0.29, 0.717) is 0 Å². The van der Waals surface area contributed by atoms with E-state index >= 15 is 0 Å². The van der Waals surface area contributed by atoms with E-state index in [1.165, 1.54) is 0 Å². The Morgan fingerprint density at radius 3 is 2.74 bits per heavy atom. The molecular formula is C15H12N2O2. The van der Waals surface area contributed by atoms with Gasteiger partial charge in [0, 0.05) is 23.5 Å². The molecule has 0 fully saturated rings. The number of nitrogens with zero attached hydrogens (tertiary/aromatic N) is 1. The van der Waals surface area contributed by atoms with Crippen LogP contribution in [-0.4, -0.2) is 11.3 Å². The smallest absolute Gasteiger partial charge is 0.193 e. The van der Waals surface area contributed by atoms with Crippen molar-refractivity contribution in [2.24, 2.45) is 5.73 Å². The molecule has 2 N–H and O–H groups in total. The van der Waals surface area contributed by atoms with Crippen molar-refractivity contribution in [1.82, 2.24) is 4.98 Å². The molecule has 3 rings (SSSR count). The fourth-order valence-corrected chi connectivity index (χ4v) is 2.26. The van der Waals surface area contributed by atoms with Crippen molar-refractivity contribution in [1.29, 1.82) is 0 Å². The number of pyridine rings is 1. The van der Waals surface area contributed by atoms with Crippen LogP contribution >= 0.6 is 0 Å². The average molecular weight is 252 g/mol. The molecule has 0 saturated heterocycles. The standard InChI is InChI=1S/C15H12N2O2/c16-15-14(10-4-2-1-3-5-10)11-6-7-17-8-12(11)13(9-18)19-15/h1-9,13H,16H2. The fourth-order valence-electron chi connectivity index (χ4n) is 2.26. The molecule has 0 aliphatic carbocycles. The van der Waals surface area contributed by atoms with Gasteiger partial charge in [-0.1, -0.05) is 30.3 Å². The third kappa shape index (κ3) is 1.87. The molecule has 1 aromatic heterocycles. The van der Waals surface area contributed by atoms with Crippen molar-refractivity contribution in [3.05, 3.63) is 71.4 Å². The van der Waals surface area contributed by atoms with Gasteiger partial charge < -0.3 is 10.5 Å². The number of aromatic nitrogens is 1. The van der Waals surface area contributed by atoms with Crippen LogP contribution in [0, 0.1) is 0 Å². The van der Waals surface area contributed by atoms with Crippen LogP contribution in [-0.2, 0) is 9.53 Å². The number of ether oxygens (including phenoxy) is 1. The second-order valence-corrected chi connectivity index (χ2v) is 4.24. The van der Waals surface area contributed by atoms with E-state index in [1.807, 2.05) is 36.4 Å². The molecule has 1 unspecified atom stereocenters. The number of rotatable bonds is 2. The quantitative estimate of drug-likeness (QED) is 0.830. The lowest BCUT2D eigenvalue weighted by atomic mass is 9.91. The normalized spacial score (nSPS) is 17.6. The van der Waals surface area contributed by atoms with Gasteiger partial charge in [-0.2, -0.15) is 0 Å². The topological polar surface area (TPSA) is 65.2 Å². The number of hydrogen-bond donors (Lipinski definition) is 1. The minimum Gasteiger partial charge on any atom is -0.463 e. The van der Waals surface area contributed by atoms with Crippen molar-refractivity contribution < 1.29 is 9.53 Å². The second kappa shape index (κ2) is 4.57. The number of benzene rings is 1. The summed E-state index contributed by atoms with van der Waals surface area (Å²) in [7, 11) is 0. The summed E-state index contributed by atoms with van der Waals surface area (Å²) in [5.74, 6) is 0.266. The summed E-state index contributed by atoms with van der Waals surface area (Å²) in [6, 6.07) is 11.6. The highest BCUT2D eigenvalue weighted by atomic mass is 16.5. The van der Waals surface area contributed by atoms with Gasteiger partial charge in [-0.3, -0.25) is 9.78 Å². The van der Waals surface area contributed by atoms with Crippen LogP contribution in [0.4, 0.5) is 0 Å². The minimum atomic E-state index is -0.684. The molecular weight excluding hydrogens is 240 g/mol. The first-order valence-electron chi connectivity index (χ1n) is 5.92. The Kier molecular flexibility index (Phi) is 2.76. The van der Waals surface area contributed by atoms with Crippen LogP contribution in [0.1, 0.15) is 22.8 Å². The van der Waals surface area contributed by atoms with Crippen LogP contribution in [0.15, 0.2) is 54.7 Å². The number of carbonyl (C=O) groups is 1. The second-order valence-electron chi connectivity index (χ2n) is 4.24. The Bertz CT molecular complexity index is 650. The zero-order chi connectivity index (χ0) is 13.2. The van der Waals surface area contributed by atoms with E-state index < -0.39 is 6.10 Å². The van der Waals surface area contributed by atoms with Crippen LogP contribution in [0.25, 0.3) is 5.57 Å². The third-order valence-electron chi connectivity index (χ3n) is 3.11. The largest absolute Gasteiger partial charge is 0.463 e. The van der Waals surface area contributed by atoms with Gasteiger partial charge in [0.1, 0.15) is 0 Å². The predicted octanol–water partition coefficient (Wildman–Crippen LogP) is 2.03. The molecule has 94 valence electrons. The first-order valence-corrected chi connectivity index (χ1v) is 5.92. The number of aldehydes is 1. The van der Waals surface area contributed by atoms with E-state index in [-0.39, 0.29) is 5.88 Å². The first kappa shape index (κ1) is 11.5. The first-order chi connectivity index (χ1) is 9.31. The van der Waals surface area contributed by atoms with Crippen molar-refractivity contribution in [2.45, 2.75) is 6.10 Å². The molecule has 4 nitrogen and oxygen atoms in total. The molecule has 1 atom stereocenters.